The molecule has 0 bridgehead atoms. The number of epoxide rings is 1. The Hall–Kier alpha value is -2.45. The van der Waals surface area contributed by atoms with Crippen LogP contribution in [-0.4, -0.2) is 59.1 Å². The molecule has 0 spiro atoms. The van der Waals surface area contributed by atoms with Crippen molar-refractivity contribution in [3.8, 4) is 0 Å². The van der Waals surface area contributed by atoms with Crippen molar-refractivity contribution >= 4 is 17.9 Å². The third kappa shape index (κ3) is 4.20. The number of carbonyl (C=O) groups excluding carboxylic acids is 3. The normalized spacial score (nSPS) is 42.1. The third-order valence-electron chi connectivity index (χ3n) is 6.04. The van der Waals surface area contributed by atoms with Crippen LogP contribution in [0, 0.1) is 5.92 Å². The molecule has 0 saturated carbocycles. The Bertz CT molecular complexity index is 840. The number of hydrogen-bond acceptors (Lipinski definition) is 8. The van der Waals surface area contributed by atoms with Crippen LogP contribution in [0.1, 0.15) is 41.0 Å². The first-order chi connectivity index (χ1) is 13.9. The second-order valence-electron chi connectivity index (χ2n) is 8.33. The van der Waals surface area contributed by atoms with Gasteiger partial charge in [-0.3, -0.25) is 4.79 Å². The minimum absolute atomic E-state index is 0.120. The molecule has 0 aromatic heterocycles. The molecule has 30 heavy (non-hydrogen) atoms. The number of aliphatic hydroxyl groups is 1. The number of hydrogen-bond donors (Lipinski definition) is 1. The Labute approximate surface area is 175 Å². The zero-order chi connectivity index (χ0) is 22.4. The largest absolute Gasteiger partial charge is 0.458 e. The van der Waals surface area contributed by atoms with Gasteiger partial charge in [-0.15, -0.1) is 0 Å². The molecule has 0 aromatic rings. The smallest absolute Gasteiger partial charge is 0.341 e. The van der Waals surface area contributed by atoms with Gasteiger partial charge in [-0.05, 0) is 51.0 Å². The van der Waals surface area contributed by atoms with Gasteiger partial charge in [0.25, 0.3) is 0 Å². The summed E-state index contributed by atoms with van der Waals surface area (Å²) in [4.78, 5) is 36.5. The first-order valence-electron chi connectivity index (χ1n) is 9.94. The van der Waals surface area contributed by atoms with E-state index in [0.29, 0.717) is 11.1 Å². The lowest BCUT2D eigenvalue weighted by atomic mass is 9.85. The van der Waals surface area contributed by atoms with E-state index in [2.05, 4.69) is 6.58 Å². The van der Waals surface area contributed by atoms with Crippen molar-refractivity contribution in [1.29, 1.82) is 0 Å². The van der Waals surface area contributed by atoms with Gasteiger partial charge >= 0.3 is 17.9 Å². The summed E-state index contributed by atoms with van der Waals surface area (Å²) in [5.41, 5.74) is 0.260. The van der Waals surface area contributed by atoms with Crippen LogP contribution in [0.25, 0.3) is 0 Å². The first kappa shape index (κ1) is 22.2. The number of carbonyl (C=O) groups is 3. The highest BCUT2D eigenvalue weighted by molar-refractivity contribution is 5.91. The number of aliphatic hydroxyl groups excluding tert-OH is 1. The van der Waals surface area contributed by atoms with Crippen LogP contribution >= 0.6 is 0 Å². The van der Waals surface area contributed by atoms with E-state index in [9.17, 15) is 19.5 Å². The fourth-order valence-electron chi connectivity index (χ4n) is 3.78. The molecule has 3 rings (SSSR count). The molecule has 3 aliphatic rings. The van der Waals surface area contributed by atoms with Gasteiger partial charge < -0.3 is 24.1 Å². The van der Waals surface area contributed by atoms with Crippen LogP contribution in [0.4, 0.5) is 0 Å². The van der Waals surface area contributed by atoms with Crippen LogP contribution in [0.15, 0.2) is 35.5 Å². The van der Waals surface area contributed by atoms with Crippen LogP contribution in [0.3, 0.4) is 0 Å². The molecule has 0 aromatic carbocycles. The molecule has 1 aliphatic carbocycles. The first-order valence-corrected chi connectivity index (χ1v) is 9.94. The molecule has 2 saturated heterocycles. The molecule has 0 amide bonds. The molecular weight excluding hydrogens is 392 g/mol. The van der Waals surface area contributed by atoms with Crippen molar-refractivity contribution in [1.82, 2.24) is 0 Å². The Morgan fingerprint density at radius 1 is 1.23 bits per heavy atom. The van der Waals surface area contributed by atoms with E-state index in [1.807, 2.05) is 0 Å². The second kappa shape index (κ2) is 8.00. The minimum Gasteiger partial charge on any atom is -0.458 e. The topological polar surface area (TPSA) is 112 Å². The average molecular weight is 420 g/mol. The maximum Gasteiger partial charge on any atom is 0.341 e. The molecule has 8 heteroatoms. The second-order valence-corrected chi connectivity index (χ2v) is 8.33. The zero-order valence-corrected chi connectivity index (χ0v) is 17.8. The summed E-state index contributed by atoms with van der Waals surface area (Å²) < 4.78 is 21.9. The quantitative estimate of drug-likeness (QED) is 0.242. The Morgan fingerprint density at radius 2 is 1.87 bits per heavy atom. The molecule has 8 nitrogen and oxygen atoms in total. The van der Waals surface area contributed by atoms with Gasteiger partial charge in [0, 0.05) is 18.9 Å². The van der Waals surface area contributed by atoms with Gasteiger partial charge in [0.15, 0.2) is 5.60 Å². The Morgan fingerprint density at radius 3 is 2.43 bits per heavy atom. The summed E-state index contributed by atoms with van der Waals surface area (Å²) in [5, 5.41) is 10.7. The predicted molar refractivity (Wildman–Crippen MR) is 105 cm³/mol. The molecule has 0 unspecified atom stereocenters. The van der Waals surface area contributed by atoms with Gasteiger partial charge in [-0.1, -0.05) is 6.58 Å². The molecule has 2 fully saturated rings. The van der Waals surface area contributed by atoms with Crippen LogP contribution in [-0.2, 0) is 33.3 Å². The van der Waals surface area contributed by atoms with E-state index < -0.39 is 53.8 Å². The predicted octanol–water partition coefficient (Wildman–Crippen LogP) is 1.76. The maximum atomic E-state index is 12.7. The highest BCUT2D eigenvalue weighted by atomic mass is 16.7. The van der Waals surface area contributed by atoms with Gasteiger partial charge in [-0.2, -0.15) is 0 Å². The third-order valence-corrected chi connectivity index (χ3v) is 6.04. The molecule has 7 atom stereocenters. The monoisotopic (exact) mass is 420 g/mol. The van der Waals surface area contributed by atoms with Gasteiger partial charge in [0.1, 0.15) is 18.3 Å². The lowest BCUT2D eigenvalue weighted by molar-refractivity contribution is -0.155. The summed E-state index contributed by atoms with van der Waals surface area (Å²) in [6.07, 6.45) is -0.176. The van der Waals surface area contributed by atoms with E-state index in [4.69, 9.17) is 18.9 Å². The van der Waals surface area contributed by atoms with Crippen LogP contribution < -0.4 is 0 Å². The maximum absolute atomic E-state index is 12.7. The van der Waals surface area contributed by atoms with Crippen molar-refractivity contribution in [2.75, 3.05) is 0 Å². The summed E-state index contributed by atoms with van der Waals surface area (Å²) in [6.45, 7) is 11.9. The molecule has 2 heterocycles. The fraction of sp³-hybridized carbons (Fsp3) is 0.591. The summed E-state index contributed by atoms with van der Waals surface area (Å²) in [5.74, 6) is -2.32. The van der Waals surface area contributed by atoms with Crippen LogP contribution in [0.2, 0.25) is 0 Å². The number of fused-ring (bicyclic) bond motifs is 1. The van der Waals surface area contributed by atoms with Crippen molar-refractivity contribution in [3.05, 3.63) is 35.5 Å². The molecule has 1 N–H and O–H groups in total. The summed E-state index contributed by atoms with van der Waals surface area (Å²) >= 11 is 0. The van der Waals surface area contributed by atoms with Crippen molar-refractivity contribution < 1.29 is 38.4 Å². The highest BCUT2D eigenvalue weighted by Crippen LogP contribution is 2.40. The van der Waals surface area contributed by atoms with E-state index in [1.54, 1.807) is 39.8 Å². The zero-order valence-electron chi connectivity index (χ0n) is 17.8. The SMILES string of the molecule is C=C1C(=O)O[C@@H]2/C=C(\C)[C@@H](OC(C)=O)C[C@@H](O)/C(C)=C/[C@@H](OC(=O)[C@@]3(C)O[C@@H]3C)[C@@H]12. The summed E-state index contributed by atoms with van der Waals surface area (Å²) in [6, 6.07) is 0. The molecule has 164 valence electrons. The lowest BCUT2D eigenvalue weighted by Crippen LogP contribution is -2.37. The van der Waals surface area contributed by atoms with Crippen molar-refractivity contribution in [3.63, 3.8) is 0 Å². The fourth-order valence-corrected chi connectivity index (χ4v) is 3.78. The molecule has 0 radical (unpaired) electrons. The minimum atomic E-state index is -1.04. The molecule has 2 aliphatic heterocycles. The van der Waals surface area contributed by atoms with E-state index in [-0.39, 0.29) is 18.1 Å². The van der Waals surface area contributed by atoms with Crippen LogP contribution in [0.5, 0.6) is 0 Å². The number of esters is 3. The number of rotatable bonds is 3. The standard InChI is InChI=1S/C22H28O8/c1-10-7-18(29-21(26)22(6)13(4)30-22)19-12(3)20(25)28-17(19)8-11(2)16(9-15(10)24)27-14(5)23/h7-8,13,15-19,24H,3,9H2,1-2,4-6H3/b10-7+,11-8+/t13-,15-,16+,17-,18-,19+,22+/m1/s1. The Balaban J connectivity index is 1.99. The van der Waals surface area contributed by atoms with Gasteiger partial charge in [0.2, 0.25) is 0 Å². The highest BCUT2D eigenvalue weighted by Gasteiger charge is 2.58. The van der Waals surface area contributed by atoms with Gasteiger partial charge in [-0.25, -0.2) is 9.59 Å². The van der Waals surface area contributed by atoms with E-state index >= 15 is 0 Å². The van der Waals surface area contributed by atoms with Crippen molar-refractivity contribution in [2.45, 2.75) is 77.2 Å². The van der Waals surface area contributed by atoms with Crippen molar-refractivity contribution in [2.24, 2.45) is 5.92 Å². The lowest BCUT2D eigenvalue weighted by Gasteiger charge is -2.29. The van der Waals surface area contributed by atoms with E-state index in [1.165, 1.54) is 6.92 Å². The van der Waals surface area contributed by atoms with Gasteiger partial charge in [0.05, 0.1) is 18.1 Å². The molecular formula is C22H28O8. The Kier molecular flexibility index (Phi) is 5.93. The number of ether oxygens (including phenoxy) is 4. The average Bonchev–Trinajstić information content (AvgIpc) is 3.17. The van der Waals surface area contributed by atoms with E-state index in [0.717, 1.165) is 0 Å². The summed E-state index contributed by atoms with van der Waals surface area (Å²) in [7, 11) is 0.